The summed E-state index contributed by atoms with van der Waals surface area (Å²) >= 11 is 0. The van der Waals surface area contributed by atoms with Crippen LogP contribution >= 0.6 is 0 Å². The molecule has 0 atom stereocenters. The van der Waals surface area contributed by atoms with Gasteiger partial charge in [-0.15, -0.1) is 0 Å². The van der Waals surface area contributed by atoms with E-state index in [1.165, 1.54) is 12.1 Å². The smallest absolute Gasteiger partial charge is 0.229 e. The molecule has 0 bridgehead atoms. The summed E-state index contributed by atoms with van der Waals surface area (Å²) in [5.41, 5.74) is 3.27. The van der Waals surface area contributed by atoms with Gasteiger partial charge in [-0.05, 0) is 43.3 Å². The van der Waals surface area contributed by atoms with Crippen molar-refractivity contribution >= 4 is 34.0 Å². The minimum atomic E-state index is -0.286. The first-order valence-electron chi connectivity index (χ1n) is 8.16. The molecule has 4 rings (SSSR count). The van der Waals surface area contributed by atoms with E-state index in [9.17, 15) is 4.39 Å². The number of pyridine rings is 1. The third-order valence-corrected chi connectivity index (χ3v) is 3.85. The second-order valence-electron chi connectivity index (χ2n) is 5.86. The van der Waals surface area contributed by atoms with Gasteiger partial charge in [-0.25, -0.2) is 9.37 Å². The number of rotatable bonds is 4. The van der Waals surface area contributed by atoms with Crippen molar-refractivity contribution in [1.29, 1.82) is 0 Å². The number of benzene rings is 2. The molecule has 4 aromatic rings. The lowest BCUT2D eigenvalue weighted by Crippen LogP contribution is -2.03. The van der Waals surface area contributed by atoms with E-state index in [0.717, 1.165) is 28.0 Å². The molecule has 0 aliphatic heterocycles. The van der Waals surface area contributed by atoms with Crippen LogP contribution in [0.2, 0.25) is 0 Å². The zero-order valence-corrected chi connectivity index (χ0v) is 14.1. The number of para-hydroxylation sites is 1. The van der Waals surface area contributed by atoms with Crippen LogP contribution in [-0.2, 0) is 0 Å². The van der Waals surface area contributed by atoms with Crippen LogP contribution in [0.25, 0.3) is 10.9 Å². The Morgan fingerprint density at radius 1 is 0.885 bits per heavy atom. The van der Waals surface area contributed by atoms with Crippen LogP contribution < -0.4 is 10.6 Å². The Hall–Kier alpha value is -3.54. The average molecular weight is 345 g/mol. The molecule has 0 radical (unpaired) electrons. The number of anilines is 4. The molecule has 0 aliphatic rings. The molecule has 2 heterocycles. The minimum Gasteiger partial charge on any atom is -0.338 e. The van der Waals surface area contributed by atoms with Crippen molar-refractivity contribution in [3.05, 3.63) is 78.4 Å². The highest BCUT2D eigenvalue weighted by molar-refractivity contribution is 5.91. The van der Waals surface area contributed by atoms with Crippen molar-refractivity contribution in [1.82, 2.24) is 15.0 Å². The van der Waals surface area contributed by atoms with E-state index in [4.69, 9.17) is 0 Å². The van der Waals surface area contributed by atoms with E-state index in [2.05, 4.69) is 25.6 Å². The Bertz CT molecular complexity index is 1060. The van der Waals surface area contributed by atoms with Gasteiger partial charge in [-0.1, -0.05) is 18.2 Å². The molecular formula is C20H16FN5. The van der Waals surface area contributed by atoms with Crippen LogP contribution in [0.15, 0.2) is 66.9 Å². The van der Waals surface area contributed by atoms with Crippen molar-refractivity contribution in [3.8, 4) is 0 Å². The molecule has 0 fully saturated rings. The normalized spacial score (nSPS) is 10.7. The highest BCUT2D eigenvalue weighted by Gasteiger charge is 2.06. The molecule has 0 saturated heterocycles. The molecule has 2 N–H and O–H groups in total. The summed E-state index contributed by atoms with van der Waals surface area (Å²) in [5.74, 6) is 0.805. The van der Waals surface area contributed by atoms with Gasteiger partial charge >= 0.3 is 0 Å². The van der Waals surface area contributed by atoms with Gasteiger partial charge in [0, 0.05) is 29.0 Å². The average Bonchev–Trinajstić information content (AvgIpc) is 2.64. The van der Waals surface area contributed by atoms with Gasteiger partial charge in [0.2, 0.25) is 5.95 Å². The highest BCUT2D eigenvalue weighted by Crippen LogP contribution is 2.25. The van der Waals surface area contributed by atoms with E-state index in [0.29, 0.717) is 11.8 Å². The number of hydrogen-bond acceptors (Lipinski definition) is 5. The topological polar surface area (TPSA) is 62.7 Å². The SMILES string of the molecule is Cc1cc(Nc2cccc3cccnc23)nc(Nc2ccc(F)cc2)n1. The molecule has 0 amide bonds. The molecule has 0 aliphatic carbocycles. The minimum absolute atomic E-state index is 0.286. The van der Waals surface area contributed by atoms with Gasteiger partial charge in [0.1, 0.15) is 11.6 Å². The Morgan fingerprint density at radius 2 is 1.69 bits per heavy atom. The summed E-state index contributed by atoms with van der Waals surface area (Å²) in [6, 6.07) is 17.8. The molecular weight excluding hydrogens is 329 g/mol. The van der Waals surface area contributed by atoms with Crippen molar-refractivity contribution in [2.45, 2.75) is 6.92 Å². The third-order valence-electron chi connectivity index (χ3n) is 3.85. The molecule has 5 nitrogen and oxygen atoms in total. The molecule has 0 spiro atoms. The number of fused-ring (bicyclic) bond motifs is 1. The highest BCUT2D eigenvalue weighted by atomic mass is 19.1. The van der Waals surface area contributed by atoms with Gasteiger partial charge in [0.15, 0.2) is 0 Å². The largest absolute Gasteiger partial charge is 0.338 e. The predicted octanol–water partition coefficient (Wildman–Crippen LogP) is 4.96. The van der Waals surface area contributed by atoms with E-state index < -0.39 is 0 Å². The maximum atomic E-state index is 13.0. The Kier molecular flexibility index (Phi) is 4.15. The summed E-state index contributed by atoms with van der Waals surface area (Å²) in [6.45, 7) is 1.89. The van der Waals surface area contributed by atoms with Crippen molar-refractivity contribution in [3.63, 3.8) is 0 Å². The summed E-state index contributed by atoms with van der Waals surface area (Å²) in [6.07, 6.45) is 1.76. The quantitative estimate of drug-likeness (QED) is 0.547. The fourth-order valence-corrected chi connectivity index (χ4v) is 2.69. The second-order valence-corrected chi connectivity index (χ2v) is 5.86. The van der Waals surface area contributed by atoms with Crippen molar-refractivity contribution < 1.29 is 4.39 Å². The fraction of sp³-hybridized carbons (Fsp3) is 0.0500. The molecule has 26 heavy (non-hydrogen) atoms. The molecule has 2 aromatic heterocycles. The Labute approximate surface area is 150 Å². The maximum Gasteiger partial charge on any atom is 0.229 e. The first-order chi connectivity index (χ1) is 12.7. The van der Waals surface area contributed by atoms with Crippen LogP contribution in [-0.4, -0.2) is 15.0 Å². The fourth-order valence-electron chi connectivity index (χ4n) is 2.69. The van der Waals surface area contributed by atoms with E-state index in [1.54, 1.807) is 18.3 Å². The Balaban J connectivity index is 1.64. The van der Waals surface area contributed by atoms with E-state index in [1.807, 2.05) is 43.3 Å². The summed E-state index contributed by atoms with van der Waals surface area (Å²) in [5, 5.41) is 7.45. The zero-order valence-electron chi connectivity index (χ0n) is 14.1. The van der Waals surface area contributed by atoms with Crippen LogP contribution in [0, 0.1) is 12.7 Å². The zero-order chi connectivity index (χ0) is 17.9. The summed E-state index contributed by atoms with van der Waals surface area (Å²) in [7, 11) is 0. The molecule has 0 unspecified atom stereocenters. The number of aromatic nitrogens is 3. The van der Waals surface area contributed by atoms with Crippen molar-refractivity contribution in [2.75, 3.05) is 10.6 Å². The van der Waals surface area contributed by atoms with E-state index >= 15 is 0 Å². The maximum absolute atomic E-state index is 13.0. The number of nitrogens with zero attached hydrogens (tertiary/aromatic N) is 3. The number of nitrogens with one attached hydrogen (secondary N) is 2. The number of aryl methyl sites for hydroxylation is 1. The standard InChI is InChI=1S/C20H16FN5/c1-13-12-18(25-17-6-2-4-14-5-3-11-22-19(14)17)26-20(23-13)24-16-9-7-15(21)8-10-16/h2-12H,1H3,(H2,23,24,25,26). The van der Waals surface area contributed by atoms with Crippen LogP contribution in [0.1, 0.15) is 5.69 Å². The van der Waals surface area contributed by atoms with Crippen LogP contribution in [0.3, 0.4) is 0 Å². The summed E-state index contributed by atoms with van der Waals surface area (Å²) < 4.78 is 13.0. The number of halogens is 1. The van der Waals surface area contributed by atoms with Gasteiger partial charge in [0.25, 0.3) is 0 Å². The van der Waals surface area contributed by atoms with Gasteiger partial charge < -0.3 is 10.6 Å². The number of hydrogen-bond donors (Lipinski definition) is 2. The molecule has 2 aromatic carbocycles. The molecule has 0 saturated carbocycles. The van der Waals surface area contributed by atoms with Crippen molar-refractivity contribution in [2.24, 2.45) is 0 Å². The van der Waals surface area contributed by atoms with E-state index in [-0.39, 0.29) is 5.82 Å². The van der Waals surface area contributed by atoms with Gasteiger partial charge in [-0.3, -0.25) is 4.98 Å². The molecule has 6 heteroatoms. The third kappa shape index (κ3) is 3.44. The lowest BCUT2D eigenvalue weighted by atomic mass is 10.2. The Morgan fingerprint density at radius 3 is 2.54 bits per heavy atom. The lowest BCUT2D eigenvalue weighted by molar-refractivity contribution is 0.628. The molecule has 128 valence electrons. The summed E-state index contributed by atoms with van der Waals surface area (Å²) in [4.78, 5) is 13.3. The van der Waals surface area contributed by atoms with Gasteiger partial charge in [-0.2, -0.15) is 4.98 Å². The first-order valence-corrected chi connectivity index (χ1v) is 8.16. The monoisotopic (exact) mass is 345 g/mol. The first kappa shape index (κ1) is 16.0. The van der Waals surface area contributed by atoms with Crippen LogP contribution in [0.4, 0.5) is 27.5 Å². The predicted molar refractivity (Wildman–Crippen MR) is 101 cm³/mol. The van der Waals surface area contributed by atoms with Crippen LogP contribution in [0.5, 0.6) is 0 Å². The lowest BCUT2D eigenvalue weighted by Gasteiger charge is -2.11. The van der Waals surface area contributed by atoms with Gasteiger partial charge in [0.05, 0.1) is 11.2 Å². The second kappa shape index (κ2) is 6.76.